The third kappa shape index (κ3) is 3.96. The number of hydrogen-bond donors (Lipinski definition) is 1. The molecule has 8 heteroatoms. The van der Waals surface area contributed by atoms with E-state index in [1.165, 1.54) is 0 Å². The van der Waals surface area contributed by atoms with Crippen LogP contribution in [0.5, 0.6) is 11.5 Å². The average Bonchev–Trinajstić information content (AvgIpc) is 3.10. The number of methoxy groups -OCH3 is 2. The van der Waals surface area contributed by atoms with Gasteiger partial charge >= 0.3 is 0 Å². The lowest BCUT2D eigenvalue weighted by Gasteiger charge is -2.18. The zero-order chi connectivity index (χ0) is 20.1. The first-order valence-electron chi connectivity index (χ1n) is 8.23. The summed E-state index contributed by atoms with van der Waals surface area (Å²) < 4.78 is 16.2. The van der Waals surface area contributed by atoms with Crippen molar-refractivity contribution in [1.29, 1.82) is 5.26 Å². The summed E-state index contributed by atoms with van der Waals surface area (Å²) in [5, 5.41) is 13.6. The first-order chi connectivity index (χ1) is 13.6. The van der Waals surface area contributed by atoms with Crippen LogP contribution in [0.15, 0.2) is 60.1 Å². The van der Waals surface area contributed by atoms with E-state index in [4.69, 9.17) is 37.4 Å². The topological polar surface area (TPSA) is 66.8 Å². The SMILES string of the molecule is COc1ccc(NC=CC2=C(C#N)N(c3c(Cl)cccc3Cl)CO2)c(OC)c1. The van der Waals surface area contributed by atoms with E-state index in [-0.39, 0.29) is 6.73 Å². The molecule has 2 aromatic rings. The zero-order valence-corrected chi connectivity index (χ0v) is 16.7. The van der Waals surface area contributed by atoms with E-state index in [0.717, 1.165) is 5.69 Å². The largest absolute Gasteiger partial charge is 0.497 e. The molecule has 3 rings (SSSR count). The fourth-order valence-electron chi connectivity index (χ4n) is 2.69. The molecule has 0 bridgehead atoms. The lowest BCUT2D eigenvalue weighted by atomic mass is 10.2. The van der Waals surface area contributed by atoms with E-state index in [9.17, 15) is 5.26 Å². The third-order valence-corrected chi connectivity index (χ3v) is 4.66. The molecule has 0 unspecified atom stereocenters. The molecule has 144 valence electrons. The Morgan fingerprint density at radius 3 is 2.57 bits per heavy atom. The second-order valence-corrected chi connectivity index (χ2v) is 6.45. The molecule has 0 aliphatic carbocycles. The minimum Gasteiger partial charge on any atom is -0.497 e. The number of nitrogens with zero attached hydrogens (tertiary/aromatic N) is 2. The van der Waals surface area contributed by atoms with Crippen LogP contribution in [0, 0.1) is 11.3 Å². The van der Waals surface area contributed by atoms with Crippen LogP contribution in [0.2, 0.25) is 10.0 Å². The Kier molecular flexibility index (Phi) is 6.19. The summed E-state index contributed by atoms with van der Waals surface area (Å²) in [6.07, 6.45) is 3.32. The smallest absolute Gasteiger partial charge is 0.166 e. The van der Waals surface area contributed by atoms with Crippen molar-refractivity contribution in [2.45, 2.75) is 0 Å². The molecule has 0 radical (unpaired) electrons. The lowest BCUT2D eigenvalue weighted by molar-refractivity contribution is 0.257. The first kappa shape index (κ1) is 19.7. The predicted molar refractivity (Wildman–Crippen MR) is 110 cm³/mol. The van der Waals surface area contributed by atoms with Gasteiger partial charge in [0.1, 0.15) is 17.6 Å². The van der Waals surface area contributed by atoms with Gasteiger partial charge in [-0.1, -0.05) is 29.3 Å². The number of para-hydroxylation sites is 1. The maximum Gasteiger partial charge on any atom is 0.166 e. The van der Waals surface area contributed by atoms with Gasteiger partial charge in [0.05, 0.1) is 35.6 Å². The minimum atomic E-state index is 0.137. The van der Waals surface area contributed by atoms with Crippen LogP contribution in [0.25, 0.3) is 0 Å². The Balaban J connectivity index is 1.83. The molecule has 1 aliphatic rings. The molecule has 0 amide bonds. The zero-order valence-electron chi connectivity index (χ0n) is 15.2. The van der Waals surface area contributed by atoms with Crippen LogP contribution in [-0.2, 0) is 4.74 Å². The maximum atomic E-state index is 9.60. The van der Waals surface area contributed by atoms with Crippen LogP contribution in [0.4, 0.5) is 11.4 Å². The molecule has 0 aromatic heterocycles. The van der Waals surface area contributed by atoms with Crippen molar-refractivity contribution in [1.82, 2.24) is 0 Å². The molecule has 1 heterocycles. The van der Waals surface area contributed by atoms with E-state index < -0.39 is 0 Å². The lowest BCUT2D eigenvalue weighted by Crippen LogP contribution is -2.19. The van der Waals surface area contributed by atoms with Gasteiger partial charge in [-0.05, 0) is 30.3 Å². The van der Waals surface area contributed by atoms with Gasteiger partial charge in [0.25, 0.3) is 0 Å². The van der Waals surface area contributed by atoms with Crippen LogP contribution >= 0.6 is 23.2 Å². The predicted octanol–water partition coefficient (Wildman–Crippen LogP) is 5.17. The van der Waals surface area contributed by atoms with Gasteiger partial charge in [-0.3, -0.25) is 4.90 Å². The maximum absolute atomic E-state index is 9.60. The van der Waals surface area contributed by atoms with Crippen molar-refractivity contribution >= 4 is 34.6 Å². The molecule has 6 nitrogen and oxygen atoms in total. The summed E-state index contributed by atoms with van der Waals surface area (Å²) in [4.78, 5) is 1.64. The molecule has 2 aromatic carbocycles. The summed E-state index contributed by atoms with van der Waals surface area (Å²) in [5.74, 6) is 1.71. The van der Waals surface area contributed by atoms with E-state index in [1.54, 1.807) is 55.7 Å². The highest BCUT2D eigenvalue weighted by molar-refractivity contribution is 6.39. The van der Waals surface area contributed by atoms with Crippen molar-refractivity contribution in [2.24, 2.45) is 0 Å². The standard InChI is InChI=1S/C20H17Cl2N3O3/c1-26-13-6-7-16(19(10-13)27-2)24-9-8-18-17(11-23)25(12-28-18)20-14(21)4-3-5-15(20)22/h3-10,24H,12H2,1-2H3. The molecule has 0 spiro atoms. The number of benzene rings is 2. The van der Waals surface area contributed by atoms with Crippen molar-refractivity contribution in [3.8, 4) is 17.6 Å². The number of nitrogens with one attached hydrogen (secondary N) is 1. The second kappa shape index (κ2) is 8.79. The van der Waals surface area contributed by atoms with E-state index in [1.807, 2.05) is 12.1 Å². The Morgan fingerprint density at radius 1 is 1.18 bits per heavy atom. The van der Waals surface area contributed by atoms with Gasteiger partial charge in [0.15, 0.2) is 18.2 Å². The van der Waals surface area contributed by atoms with Crippen molar-refractivity contribution < 1.29 is 14.2 Å². The van der Waals surface area contributed by atoms with Crippen LogP contribution in [0.1, 0.15) is 0 Å². The molecule has 0 atom stereocenters. The van der Waals surface area contributed by atoms with Gasteiger partial charge in [0.2, 0.25) is 0 Å². The van der Waals surface area contributed by atoms with Gasteiger partial charge in [-0.2, -0.15) is 5.26 Å². The number of rotatable bonds is 6. The summed E-state index contributed by atoms with van der Waals surface area (Å²) >= 11 is 12.5. The summed E-state index contributed by atoms with van der Waals surface area (Å²) in [6.45, 7) is 0.137. The van der Waals surface area contributed by atoms with Gasteiger partial charge in [0, 0.05) is 12.3 Å². The fourth-order valence-corrected chi connectivity index (χ4v) is 3.29. The highest BCUT2D eigenvalue weighted by Gasteiger charge is 2.27. The minimum absolute atomic E-state index is 0.137. The molecule has 0 fully saturated rings. The molecule has 1 N–H and O–H groups in total. The molecular weight excluding hydrogens is 401 g/mol. The van der Waals surface area contributed by atoms with Crippen LogP contribution in [-0.4, -0.2) is 21.0 Å². The molecule has 0 saturated carbocycles. The van der Waals surface area contributed by atoms with Gasteiger partial charge in [-0.25, -0.2) is 0 Å². The number of anilines is 2. The number of ether oxygens (including phenoxy) is 3. The summed E-state index contributed by atoms with van der Waals surface area (Å²) in [7, 11) is 3.16. The number of halogens is 2. The van der Waals surface area contributed by atoms with E-state index in [2.05, 4.69) is 11.4 Å². The Bertz CT molecular complexity index is 963. The first-order valence-corrected chi connectivity index (χ1v) is 8.98. The molecular formula is C20H17Cl2N3O3. The second-order valence-electron chi connectivity index (χ2n) is 5.64. The summed E-state index contributed by atoms with van der Waals surface area (Å²) in [6, 6.07) is 12.7. The quantitative estimate of drug-likeness (QED) is 0.699. The molecule has 1 aliphatic heterocycles. The Labute approximate surface area is 173 Å². The fraction of sp³-hybridized carbons (Fsp3) is 0.150. The van der Waals surface area contributed by atoms with E-state index >= 15 is 0 Å². The van der Waals surface area contributed by atoms with Crippen molar-refractivity contribution in [3.63, 3.8) is 0 Å². The molecule has 0 saturated heterocycles. The third-order valence-electron chi connectivity index (χ3n) is 4.05. The number of nitriles is 1. The van der Waals surface area contributed by atoms with Gasteiger partial charge in [-0.15, -0.1) is 0 Å². The number of allylic oxidation sites excluding steroid dienone is 2. The monoisotopic (exact) mass is 417 g/mol. The highest BCUT2D eigenvalue weighted by Crippen LogP contribution is 2.38. The normalized spacial score (nSPS) is 13.5. The van der Waals surface area contributed by atoms with E-state index in [0.29, 0.717) is 38.7 Å². The Hall–Kier alpha value is -3.01. The summed E-state index contributed by atoms with van der Waals surface area (Å²) in [5.41, 5.74) is 1.59. The highest BCUT2D eigenvalue weighted by atomic mass is 35.5. The van der Waals surface area contributed by atoms with Crippen molar-refractivity contribution in [3.05, 3.63) is 70.2 Å². The van der Waals surface area contributed by atoms with Crippen molar-refractivity contribution in [2.75, 3.05) is 31.2 Å². The van der Waals surface area contributed by atoms with Crippen LogP contribution in [0.3, 0.4) is 0 Å². The van der Waals surface area contributed by atoms with Gasteiger partial charge < -0.3 is 19.5 Å². The molecule has 28 heavy (non-hydrogen) atoms. The average molecular weight is 418 g/mol. The van der Waals surface area contributed by atoms with Crippen LogP contribution < -0.4 is 19.7 Å². The number of hydrogen-bond acceptors (Lipinski definition) is 6. The Morgan fingerprint density at radius 2 is 1.93 bits per heavy atom.